The zero-order valence-corrected chi connectivity index (χ0v) is 18.9. The normalized spacial score (nSPS) is 12.3. The van der Waals surface area contributed by atoms with E-state index in [2.05, 4.69) is 26.7 Å². The number of hydrogen-bond acceptors (Lipinski definition) is 7. The summed E-state index contributed by atoms with van der Waals surface area (Å²) in [6.07, 6.45) is -7.36. The quantitative estimate of drug-likeness (QED) is 0.192. The molecule has 0 amide bonds. The molecule has 16 heteroatoms. The van der Waals surface area contributed by atoms with Gasteiger partial charge in [0.1, 0.15) is 0 Å². The van der Waals surface area contributed by atoms with Crippen LogP contribution in [0.4, 0.5) is 59.6 Å². The molecule has 204 valence electrons. The van der Waals surface area contributed by atoms with E-state index in [1.807, 2.05) is 36.4 Å². The van der Waals surface area contributed by atoms with Crippen LogP contribution in [-0.4, -0.2) is 44.5 Å². The molecule has 4 rings (SSSR count). The monoisotopic (exact) mass is 549 g/mol. The van der Waals surface area contributed by atoms with Gasteiger partial charge in [0, 0.05) is 17.1 Å². The van der Waals surface area contributed by atoms with Gasteiger partial charge < -0.3 is 26.6 Å². The van der Waals surface area contributed by atoms with Gasteiger partial charge in [-0.1, -0.05) is 12.1 Å². The van der Waals surface area contributed by atoms with Crippen LogP contribution >= 0.6 is 0 Å². The number of anilines is 5. The van der Waals surface area contributed by atoms with Crippen molar-refractivity contribution in [1.29, 1.82) is 0 Å². The molecule has 0 unspecified atom stereocenters. The van der Waals surface area contributed by atoms with Gasteiger partial charge in [-0.05, 0) is 54.3 Å². The van der Waals surface area contributed by atoms with Crippen LogP contribution in [0, 0.1) is 5.82 Å². The second kappa shape index (κ2) is 12.1. The molecule has 6 N–H and O–H groups in total. The number of nitrogens with zero attached hydrogens (tertiary/aromatic N) is 2. The maximum Gasteiger partial charge on any atom is 0.490 e. The number of rotatable bonds is 0. The molecule has 0 radical (unpaired) electrons. The first-order chi connectivity index (χ1) is 17.6. The summed E-state index contributed by atoms with van der Waals surface area (Å²) in [5.41, 5.74) is 10.6. The summed E-state index contributed by atoms with van der Waals surface area (Å²) < 4.78 is 77.5. The average molecular weight is 549 g/mol. The molecule has 1 aliphatic heterocycles. The highest BCUT2D eigenvalue weighted by molar-refractivity contribution is 5.73. The molecule has 38 heavy (non-hydrogen) atoms. The predicted molar refractivity (Wildman–Crippen MR) is 121 cm³/mol. The molecule has 0 saturated heterocycles. The number of fused-ring (bicyclic) bond motifs is 6. The summed E-state index contributed by atoms with van der Waals surface area (Å²) in [6, 6.07) is 13.6. The highest BCUT2D eigenvalue weighted by Crippen LogP contribution is 2.26. The van der Waals surface area contributed by atoms with E-state index in [4.69, 9.17) is 25.5 Å². The van der Waals surface area contributed by atoms with E-state index in [0.717, 1.165) is 41.7 Å². The zero-order chi connectivity index (χ0) is 28.7. The number of aliphatic carboxylic acids is 2. The van der Waals surface area contributed by atoms with Crippen LogP contribution in [-0.2, 0) is 22.4 Å². The minimum Gasteiger partial charge on any atom is -0.475 e. The molecule has 3 aromatic rings. The molecule has 9 nitrogen and oxygen atoms in total. The Bertz CT molecular complexity index is 1280. The molecular weight excluding hydrogens is 531 g/mol. The van der Waals surface area contributed by atoms with Crippen molar-refractivity contribution >= 4 is 40.8 Å². The Labute approximate surface area is 209 Å². The maximum absolute atomic E-state index is 14.0. The number of alkyl halides is 6. The number of nitrogen functional groups attached to an aromatic ring is 1. The first-order valence-electron chi connectivity index (χ1n) is 10.2. The number of carboxylic acid groups (broad SMARTS) is 2. The third kappa shape index (κ3) is 9.11. The Balaban J connectivity index is 0.000000301. The topological polar surface area (TPSA) is 150 Å². The highest BCUT2D eigenvalue weighted by atomic mass is 19.4. The van der Waals surface area contributed by atoms with Crippen molar-refractivity contribution in [1.82, 2.24) is 9.97 Å². The van der Waals surface area contributed by atoms with E-state index in [1.54, 1.807) is 0 Å². The summed E-state index contributed by atoms with van der Waals surface area (Å²) in [5, 5.41) is 20.4. The van der Waals surface area contributed by atoms with Crippen LogP contribution in [0.3, 0.4) is 0 Å². The molecule has 2 aromatic carbocycles. The van der Waals surface area contributed by atoms with Gasteiger partial charge >= 0.3 is 24.3 Å². The molecule has 6 bridgehead atoms. The Morgan fingerprint density at radius 2 is 1.45 bits per heavy atom. The lowest BCUT2D eigenvalue weighted by Gasteiger charge is -2.11. The fraction of sp³-hybridized carbons (Fsp3) is 0.182. The van der Waals surface area contributed by atoms with Gasteiger partial charge in [-0.3, -0.25) is 0 Å². The van der Waals surface area contributed by atoms with Gasteiger partial charge in [0.15, 0.2) is 11.6 Å². The standard InChI is InChI=1S/C18H16FN5.2C2HF3O2/c19-15-10-21-18-23-13-3-1-2-11(8-13)4-5-12-9-14(6-7-16(12)20)22-17(15)24-18;2*3-2(4,5)1(6)7/h1-3,6-10H,4-5,20H2,(H2,21,22,23,24);2*(H,6,7). The van der Waals surface area contributed by atoms with Crippen molar-refractivity contribution in [3.63, 3.8) is 0 Å². The van der Waals surface area contributed by atoms with Crippen molar-refractivity contribution in [3.05, 3.63) is 65.6 Å². The van der Waals surface area contributed by atoms with Crippen molar-refractivity contribution in [3.8, 4) is 0 Å². The second-order valence-electron chi connectivity index (χ2n) is 7.36. The van der Waals surface area contributed by atoms with E-state index in [9.17, 15) is 30.7 Å². The Morgan fingerprint density at radius 3 is 2.03 bits per heavy atom. The van der Waals surface area contributed by atoms with Crippen LogP contribution in [0.5, 0.6) is 0 Å². The van der Waals surface area contributed by atoms with Crippen LogP contribution < -0.4 is 16.4 Å². The third-order valence-electron chi connectivity index (χ3n) is 4.50. The Hall–Kier alpha value is -4.63. The molecule has 0 saturated carbocycles. The first kappa shape index (κ1) is 29.6. The molecule has 2 heterocycles. The Morgan fingerprint density at radius 1 is 0.868 bits per heavy atom. The molecular formula is C22H18F7N5O4. The van der Waals surface area contributed by atoms with Crippen LogP contribution in [0.25, 0.3) is 0 Å². The van der Waals surface area contributed by atoms with Crippen molar-refractivity contribution < 1.29 is 50.5 Å². The number of nitrogens with two attached hydrogens (primary N) is 1. The van der Waals surface area contributed by atoms with E-state index in [1.165, 1.54) is 5.56 Å². The summed E-state index contributed by atoms with van der Waals surface area (Å²) in [7, 11) is 0. The predicted octanol–water partition coefficient (Wildman–Crippen LogP) is 5.05. The molecule has 1 aromatic heterocycles. The van der Waals surface area contributed by atoms with Gasteiger partial charge in [0.2, 0.25) is 5.95 Å². The molecule has 0 aliphatic carbocycles. The van der Waals surface area contributed by atoms with Crippen LogP contribution in [0.15, 0.2) is 48.7 Å². The largest absolute Gasteiger partial charge is 0.490 e. The van der Waals surface area contributed by atoms with Gasteiger partial charge in [0.05, 0.1) is 6.20 Å². The summed E-state index contributed by atoms with van der Waals surface area (Å²) >= 11 is 0. The van der Waals surface area contributed by atoms with Crippen molar-refractivity contribution in [2.75, 3.05) is 16.4 Å². The third-order valence-corrected chi connectivity index (χ3v) is 4.50. The Kier molecular flexibility index (Phi) is 9.40. The fourth-order valence-corrected chi connectivity index (χ4v) is 2.76. The molecule has 0 fully saturated rings. The lowest BCUT2D eigenvalue weighted by Crippen LogP contribution is -2.21. The maximum atomic E-state index is 14.0. The molecule has 0 atom stereocenters. The number of carbonyl (C=O) groups is 2. The van der Waals surface area contributed by atoms with E-state index >= 15 is 0 Å². The SMILES string of the molecule is Nc1ccc2cc1CCc1cccc(c1)Nc1ncc(F)c(n1)N2.O=C(O)C(F)(F)F.O=C(O)C(F)(F)F. The van der Waals surface area contributed by atoms with Gasteiger partial charge in [-0.2, -0.15) is 31.3 Å². The number of aryl methyl sites for hydroxylation is 2. The van der Waals surface area contributed by atoms with E-state index in [-0.39, 0.29) is 5.82 Å². The number of halogens is 7. The van der Waals surface area contributed by atoms with Gasteiger partial charge in [0.25, 0.3) is 0 Å². The highest BCUT2D eigenvalue weighted by Gasteiger charge is 2.38. The zero-order valence-electron chi connectivity index (χ0n) is 18.9. The van der Waals surface area contributed by atoms with Gasteiger partial charge in [-0.25, -0.2) is 19.0 Å². The number of hydrogen-bond donors (Lipinski definition) is 5. The van der Waals surface area contributed by atoms with E-state index in [0.29, 0.717) is 5.95 Å². The smallest absolute Gasteiger partial charge is 0.475 e. The summed E-state index contributed by atoms with van der Waals surface area (Å²) in [6.45, 7) is 0. The molecule has 1 aliphatic rings. The number of carboxylic acids is 2. The van der Waals surface area contributed by atoms with Gasteiger partial charge in [-0.15, -0.1) is 0 Å². The first-order valence-corrected chi connectivity index (χ1v) is 10.2. The minimum absolute atomic E-state index is 0.124. The van der Waals surface area contributed by atoms with E-state index < -0.39 is 30.1 Å². The summed E-state index contributed by atoms with van der Waals surface area (Å²) in [4.78, 5) is 26.0. The van der Waals surface area contributed by atoms with Crippen LogP contribution in [0.2, 0.25) is 0 Å². The lowest BCUT2D eigenvalue weighted by molar-refractivity contribution is -0.193. The number of benzene rings is 2. The minimum atomic E-state index is -5.08. The molecule has 0 spiro atoms. The van der Waals surface area contributed by atoms with Crippen molar-refractivity contribution in [2.24, 2.45) is 0 Å². The number of aromatic nitrogens is 2. The summed E-state index contributed by atoms with van der Waals surface area (Å²) in [5.74, 6) is -5.56. The average Bonchev–Trinajstić information content (AvgIpc) is 2.81. The number of nitrogens with one attached hydrogen (secondary N) is 2. The lowest BCUT2D eigenvalue weighted by atomic mass is 10.0. The van der Waals surface area contributed by atoms with Crippen molar-refractivity contribution in [2.45, 2.75) is 25.2 Å². The van der Waals surface area contributed by atoms with Crippen LogP contribution in [0.1, 0.15) is 11.1 Å². The second-order valence-corrected chi connectivity index (χ2v) is 7.36. The fourth-order valence-electron chi connectivity index (χ4n) is 2.76.